The van der Waals surface area contributed by atoms with E-state index in [-0.39, 0.29) is 38.9 Å². The van der Waals surface area contributed by atoms with Crippen molar-refractivity contribution in [2.24, 2.45) is 15.9 Å². The summed E-state index contributed by atoms with van der Waals surface area (Å²) in [4.78, 5) is 11.7. The minimum Gasteiger partial charge on any atom is -0.872 e. The number of amides is 1. The zero-order valence-corrected chi connectivity index (χ0v) is 25.8. The number of nitrogens with zero attached hydrogens (tertiary/aromatic N) is 2. The van der Waals surface area contributed by atoms with Crippen LogP contribution in [-0.4, -0.2) is 17.6 Å². The number of nitrogens with one attached hydrogen (secondary N) is 1. The molecular formula is C36H32N4O3Ti+2. The molecule has 1 amide bonds. The Morgan fingerprint density at radius 3 is 1.70 bits per heavy atom. The first-order valence-electron chi connectivity index (χ1n) is 13.4. The van der Waals surface area contributed by atoms with Crippen LogP contribution in [0.3, 0.4) is 0 Å². The zero-order chi connectivity index (χ0) is 30.7. The molecular weight excluding hydrogens is 584 g/mol. The predicted molar refractivity (Wildman–Crippen MR) is 171 cm³/mol. The van der Waals surface area contributed by atoms with Crippen LogP contribution in [0.4, 0.5) is 5.69 Å². The predicted octanol–water partition coefficient (Wildman–Crippen LogP) is 5.29. The van der Waals surface area contributed by atoms with Gasteiger partial charge >= 0.3 is 21.7 Å². The summed E-state index contributed by atoms with van der Waals surface area (Å²) in [5.74, 6) is -0.646. The molecule has 0 spiro atoms. The van der Waals surface area contributed by atoms with Gasteiger partial charge in [0.15, 0.2) is 0 Å². The Morgan fingerprint density at radius 2 is 1.16 bits per heavy atom. The molecule has 0 unspecified atom stereocenters. The van der Waals surface area contributed by atoms with Gasteiger partial charge < -0.3 is 21.3 Å². The van der Waals surface area contributed by atoms with Gasteiger partial charge in [0.2, 0.25) is 0 Å². The maximum atomic E-state index is 11.7. The van der Waals surface area contributed by atoms with Gasteiger partial charge in [0, 0.05) is 11.3 Å². The molecule has 0 aromatic heterocycles. The number of rotatable bonds is 4. The van der Waals surface area contributed by atoms with Crippen LogP contribution in [-0.2, 0) is 21.7 Å². The molecule has 8 heteroatoms. The largest absolute Gasteiger partial charge is 4.00 e. The molecule has 10 radical (unpaired) electrons. The second-order valence-corrected chi connectivity index (χ2v) is 8.93. The van der Waals surface area contributed by atoms with Crippen LogP contribution >= 0.6 is 0 Å². The number of hydrogen-bond donors (Lipinski definition) is 2. The third kappa shape index (κ3) is 13.6. The van der Waals surface area contributed by atoms with Gasteiger partial charge in [-0.25, -0.2) is 0 Å². The summed E-state index contributed by atoms with van der Waals surface area (Å²) < 4.78 is 0. The molecule has 0 aliphatic heterocycles. The molecule has 2 aliphatic carbocycles. The van der Waals surface area contributed by atoms with Gasteiger partial charge in [-0.05, 0) is 106 Å². The Labute approximate surface area is 276 Å². The van der Waals surface area contributed by atoms with Crippen molar-refractivity contribution < 1.29 is 36.7 Å². The zero-order valence-electron chi connectivity index (χ0n) is 24.2. The van der Waals surface area contributed by atoms with Crippen molar-refractivity contribution in [3.05, 3.63) is 172 Å². The molecule has 3 N–H and O–H groups in total. The normalized spacial score (nSPS) is 14.0. The second kappa shape index (κ2) is 20.9. The van der Waals surface area contributed by atoms with E-state index in [9.17, 15) is 15.0 Å². The van der Waals surface area contributed by atoms with Crippen LogP contribution in [0.5, 0.6) is 5.75 Å². The number of anilines is 1. The minimum atomic E-state index is -0.787. The smallest absolute Gasteiger partial charge is 0.872 e. The number of fused-ring (bicyclic) bond motifs is 1. The molecule has 7 nitrogen and oxygen atoms in total. The summed E-state index contributed by atoms with van der Waals surface area (Å²) >= 11 is 0. The van der Waals surface area contributed by atoms with Crippen molar-refractivity contribution in [3.63, 3.8) is 0 Å². The molecule has 0 atom stereocenters. The van der Waals surface area contributed by atoms with E-state index in [4.69, 9.17) is 5.73 Å². The fourth-order valence-corrected chi connectivity index (χ4v) is 3.61. The molecule has 216 valence electrons. The quantitative estimate of drug-likeness (QED) is 0.140. The van der Waals surface area contributed by atoms with Gasteiger partial charge in [-0.15, -0.1) is 5.10 Å². The number of amidine groups is 1. The Morgan fingerprint density at radius 1 is 0.659 bits per heavy atom. The number of para-hydroxylation sites is 2. The molecule has 2 saturated carbocycles. The van der Waals surface area contributed by atoms with E-state index in [0.29, 0.717) is 11.4 Å². The molecule has 2 aliphatic rings. The van der Waals surface area contributed by atoms with Gasteiger partial charge in [0.05, 0.1) is 11.7 Å². The van der Waals surface area contributed by atoms with Gasteiger partial charge in [-0.3, -0.25) is 4.79 Å². The van der Waals surface area contributed by atoms with E-state index < -0.39 is 6.02 Å². The summed E-state index contributed by atoms with van der Waals surface area (Å²) in [5.41, 5.74) is 7.32. The van der Waals surface area contributed by atoms with Gasteiger partial charge in [-0.1, -0.05) is 84.6 Å². The van der Waals surface area contributed by atoms with E-state index in [0.717, 1.165) is 16.3 Å². The fourth-order valence-electron chi connectivity index (χ4n) is 3.61. The van der Waals surface area contributed by atoms with Crippen molar-refractivity contribution in [1.29, 1.82) is 0 Å². The van der Waals surface area contributed by atoms with Crippen LogP contribution in [0, 0.1) is 64.2 Å². The molecule has 44 heavy (non-hydrogen) atoms. The van der Waals surface area contributed by atoms with Gasteiger partial charge in [0.1, 0.15) is 0 Å². The second-order valence-electron chi connectivity index (χ2n) is 8.93. The van der Waals surface area contributed by atoms with Crippen molar-refractivity contribution in [3.8, 4) is 5.75 Å². The first-order chi connectivity index (χ1) is 20.9. The third-order valence-electron chi connectivity index (χ3n) is 5.74. The van der Waals surface area contributed by atoms with Crippen LogP contribution in [0.2, 0.25) is 0 Å². The number of carbonyl (C=O) groups excluding carboxylic acids is 1. The summed E-state index contributed by atoms with van der Waals surface area (Å²) in [5, 5.41) is 33.9. The number of hydrogen-bond acceptors (Lipinski definition) is 5. The fraction of sp³-hybridized carbons (Fsp3) is 0.0278. The van der Waals surface area contributed by atoms with Crippen LogP contribution < -0.4 is 21.3 Å². The number of carbonyl (C=O) groups is 1. The first kappa shape index (κ1) is 36.3. The molecule has 0 bridgehead atoms. The summed E-state index contributed by atoms with van der Waals surface area (Å²) in [6.07, 6.45) is 20.0. The number of benzene rings is 4. The summed E-state index contributed by atoms with van der Waals surface area (Å²) in [6, 6.07) is 28.4. The third-order valence-corrected chi connectivity index (χ3v) is 5.74. The van der Waals surface area contributed by atoms with E-state index >= 15 is 0 Å². The van der Waals surface area contributed by atoms with Crippen molar-refractivity contribution >= 4 is 34.1 Å². The SMILES string of the molecule is C/C(=N\N=C(\N)[O-])c1ccc2ccccc2c1.O=C(Nc1ccccc1)c1ccccc1[O-].[CH]1[CH][CH][CH][CH]1.[CH]1[CH][CH][CH][CH]1.[Ti+4]. The maximum Gasteiger partial charge on any atom is 4.00 e. The molecule has 4 aromatic rings. The molecule has 6 rings (SSSR count). The summed E-state index contributed by atoms with van der Waals surface area (Å²) in [6.45, 7) is 1.79. The Hall–Kier alpha value is -3.94. The monoisotopic (exact) mass is 616 g/mol. The molecule has 0 heterocycles. The van der Waals surface area contributed by atoms with E-state index in [1.165, 1.54) is 12.1 Å². The summed E-state index contributed by atoms with van der Waals surface area (Å²) in [7, 11) is 0. The number of nitrogens with two attached hydrogens (primary N) is 1. The van der Waals surface area contributed by atoms with E-state index in [2.05, 4.69) is 15.5 Å². The van der Waals surface area contributed by atoms with Gasteiger partial charge in [0.25, 0.3) is 5.91 Å². The molecule has 4 aromatic carbocycles. The first-order valence-corrected chi connectivity index (χ1v) is 13.4. The van der Waals surface area contributed by atoms with Crippen molar-refractivity contribution in [1.82, 2.24) is 0 Å². The van der Waals surface area contributed by atoms with E-state index in [1.807, 2.05) is 125 Å². The Bertz CT molecular complexity index is 1440. The van der Waals surface area contributed by atoms with Crippen LogP contribution in [0.15, 0.2) is 107 Å². The van der Waals surface area contributed by atoms with Crippen molar-refractivity contribution in [2.45, 2.75) is 6.92 Å². The minimum absolute atomic E-state index is 0. The maximum absolute atomic E-state index is 11.7. The standard InChI is InChI=1S/C13H13N3O.C13H11NO2.2C5H5.Ti/c1-9(15-16-13(14)17)11-7-6-10-4-2-3-5-12(10)8-11;15-12-9-5-4-8-11(12)13(16)14-10-6-2-1-3-7-10;2*1-2-4-5-3-1;/h2-8H,1H3,(H3,14,16,17);1-9,15H,(H,14,16);2*1-5H;/q;;;;+4/p-2/b15-9+;;;;. The average Bonchev–Trinajstić information content (AvgIpc) is 3.81. The van der Waals surface area contributed by atoms with Gasteiger partial charge in [-0.2, -0.15) is 5.10 Å². The van der Waals surface area contributed by atoms with Crippen LogP contribution in [0.25, 0.3) is 10.8 Å². The average molecular weight is 617 g/mol. The Kier molecular flexibility index (Phi) is 17.2. The Balaban J connectivity index is 0.000000230. The van der Waals surface area contributed by atoms with Crippen LogP contribution in [0.1, 0.15) is 22.8 Å². The topological polar surface area (TPSA) is 126 Å². The van der Waals surface area contributed by atoms with Crippen molar-refractivity contribution in [2.75, 3.05) is 5.32 Å². The van der Waals surface area contributed by atoms with E-state index in [1.54, 1.807) is 31.2 Å². The molecule has 0 saturated heterocycles. The molecule has 2 fully saturated rings.